The first-order valence-electron chi connectivity index (χ1n) is 5.54. The maximum Gasteiger partial charge on any atom is 0.184 e. The molecule has 92 valence electrons. The molecule has 0 aromatic carbocycles. The van der Waals surface area contributed by atoms with Crippen molar-refractivity contribution in [1.82, 2.24) is 15.2 Å². The van der Waals surface area contributed by atoms with Crippen molar-refractivity contribution in [3.8, 4) is 0 Å². The van der Waals surface area contributed by atoms with Crippen molar-refractivity contribution in [2.75, 3.05) is 0 Å². The number of H-pyrrole nitrogens is 1. The quantitative estimate of drug-likeness (QED) is 0.818. The third kappa shape index (κ3) is 2.88. The summed E-state index contributed by atoms with van der Waals surface area (Å²) in [5, 5.41) is 9.93. The molecule has 2 heterocycles. The molecule has 0 aliphatic carbocycles. The van der Waals surface area contributed by atoms with E-state index in [0.29, 0.717) is 0 Å². The molecule has 2 atom stereocenters. The smallest absolute Gasteiger partial charge is 0.184 e. The molecule has 2 rings (SSSR count). The summed E-state index contributed by atoms with van der Waals surface area (Å²) >= 11 is 3.42. The summed E-state index contributed by atoms with van der Waals surface area (Å²) in [6.07, 6.45) is 2.47. The van der Waals surface area contributed by atoms with Crippen molar-refractivity contribution in [3.63, 3.8) is 0 Å². The minimum atomic E-state index is 0.127. The highest BCUT2D eigenvalue weighted by atomic mass is 32.2. The lowest BCUT2D eigenvalue weighted by Gasteiger charge is -2.21. The molecule has 6 heteroatoms. The van der Waals surface area contributed by atoms with E-state index in [1.54, 1.807) is 23.1 Å². The molecule has 17 heavy (non-hydrogen) atoms. The summed E-state index contributed by atoms with van der Waals surface area (Å²) in [6.45, 7) is 4.24. The Morgan fingerprint density at radius 1 is 1.59 bits per heavy atom. The lowest BCUT2D eigenvalue weighted by molar-refractivity contribution is 0.637. The van der Waals surface area contributed by atoms with Crippen molar-refractivity contribution < 1.29 is 0 Å². The van der Waals surface area contributed by atoms with Gasteiger partial charge in [0.2, 0.25) is 0 Å². The number of aryl methyl sites for hydroxylation is 1. The standard InChI is InChI=1S/C11H16N4S2/c1-3-8(12)10(9-7(2)4-5-16-9)17-11-13-6-14-15-11/h4-6,8,10H,3,12H2,1-2H3,(H,13,14,15). The minimum Gasteiger partial charge on any atom is -0.326 e. The first-order valence-corrected chi connectivity index (χ1v) is 7.30. The van der Waals surface area contributed by atoms with Crippen LogP contribution < -0.4 is 5.73 Å². The fourth-order valence-electron chi connectivity index (χ4n) is 1.60. The second-order valence-corrected chi connectivity index (χ2v) is 5.95. The molecule has 0 bridgehead atoms. The van der Waals surface area contributed by atoms with Crippen LogP contribution >= 0.6 is 23.1 Å². The topological polar surface area (TPSA) is 67.6 Å². The van der Waals surface area contributed by atoms with Crippen LogP contribution in [0, 0.1) is 6.92 Å². The van der Waals surface area contributed by atoms with Gasteiger partial charge in [-0.05, 0) is 30.4 Å². The molecular weight excluding hydrogens is 252 g/mol. The molecule has 2 unspecified atom stereocenters. The predicted octanol–water partition coefficient (Wildman–Crippen LogP) is 2.75. The van der Waals surface area contributed by atoms with Crippen LogP contribution in [0.1, 0.15) is 29.0 Å². The maximum atomic E-state index is 6.22. The Balaban J connectivity index is 2.23. The third-order valence-corrected chi connectivity index (χ3v) is 5.16. The first kappa shape index (κ1) is 12.6. The number of hydrogen-bond acceptors (Lipinski definition) is 5. The highest BCUT2D eigenvalue weighted by molar-refractivity contribution is 7.99. The van der Waals surface area contributed by atoms with E-state index in [9.17, 15) is 0 Å². The van der Waals surface area contributed by atoms with E-state index in [-0.39, 0.29) is 11.3 Å². The second kappa shape index (κ2) is 5.66. The van der Waals surface area contributed by atoms with Crippen molar-refractivity contribution in [2.24, 2.45) is 5.73 Å². The molecule has 0 spiro atoms. The van der Waals surface area contributed by atoms with Gasteiger partial charge >= 0.3 is 0 Å². The average molecular weight is 268 g/mol. The summed E-state index contributed by atoms with van der Waals surface area (Å²) < 4.78 is 0. The molecule has 0 aliphatic heterocycles. The zero-order valence-corrected chi connectivity index (χ0v) is 11.5. The first-order chi connectivity index (χ1) is 8.22. The van der Waals surface area contributed by atoms with Gasteiger partial charge in [-0.3, -0.25) is 5.10 Å². The highest BCUT2D eigenvalue weighted by Crippen LogP contribution is 2.40. The molecule has 0 radical (unpaired) electrons. The van der Waals surface area contributed by atoms with E-state index >= 15 is 0 Å². The van der Waals surface area contributed by atoms with Gasteiger partial charge in [0.25, 0.3) is 0 Å². The van der Waals surface area contributed by atoms with Crippen molar-refractivity contribution >= 4 is 23.1 Å². The molecule has 3 N–H and O–H groups in total. The van der Waals surface area contributed by atoms with E-state index in [1.165, 1.54) is 16.8 Å². The van der Waals surface area contributed by atoms with Crippen LogP contribution in [0.4, 0.5) is 0 Å². The Morgan fingerprint density at radius 2 is 2.41 bits per heavy atom. The molecule has 0 fully saturated rings. The SMILES string of the molecule is CCC(N)C(Sc1ncn[nH]1)c1sccc1C. The fourth-order valence-corrected chi connectivity index (χ4v) is 4.00. The van der Waals surface area contributed by atoms with Crippen LogP contribution in [0.15, 0.2) is 22.9 Å². The molecule has 4 nitrogen and oxygen atoms in total. The summed E-state index contributed by atoms with van der Waals surface area (Å²) in [6, 6.07) is 2.26. The van der Waals surface area contributed by atoms with E-state index in [2.05, 4.69) is 40.5 Å². The Labute approximate surface area is 109 Å². The maximum absolute atomic E-state index is 6.22. The molecular formula is C11H16N4S2. The highest BCUT2D eigenvalue weighted by Gasteiger charge is 2.23. The number of nitrogens with zero attached hydrogens (tertiary/aromatic N) is 2. The van der Waals surface area contributed by atoms with Crippen molar-refractivity contribution in [1.29, 1.82) is 0 Å². The van der Waals surface area contributed by atoms with Gasteiger partial charge in [0.05, 0.1) is 5.25 Å². The van der Waals surface area contributed by atoms with Gasteiger partial charge in [-0.1, -0.05) is 18.7 Å². The van der Waals surface area contributed by atoms with Gasteiger partial charge in [-0.15, -0.1) is 11.3 Å². The third-order valence-electron chi connectivity index (χ3n) is 2.65. The van der Waals surface area contributed by atoms with Crippen LogP contribution in [-0.2, 0) is 0 Å². The molecule has 0 saturated heterocycles. The van der Waals surface area contributed by atoms with Crippen molar-refractivity contribution in [3.05, 3.63) is 28.2 Å². The molecule has 2 aromatic heterocycles. The zero-order valence-electron chi connectivity index (χ0n) is 9.88. The van der Waals surface area contributed by atoms with Gasteiger partial charge in [0.1, 0.15) is 6.33 Å². The molecule has 0 amide bonds. The molecule has 0 aliphatic rings. The van der Waals surface area contributed by atoms with Crippen LogP contribution in [0.2, 0.25) is 0 Å². The van der Waals surface area contributed by atoms with E-state index < -0.39 is 0 Å². The molecule has 2 aromatic rings. The Bertz CT molecular complexity index is 452. The monoisotopic (exact) mass is 268 g/mol. The number of nitrogens with one attached hydrogen (secondary N) is 1. The van der Waals surface area contributed by atoms with E-state index in [0.717, 1.165) is 11.6 Å². The summed E-state index contributed by atoms with van der Waals surface area (Å²) in [7, 11) is 0. The van der Waals surface area contributed by atoms with Crippen LogP contribution in [0.5, 0.6) is 0 Å². The van der Waals surface area contributed by atoms with Crippen LogP contribution in [-0.4, -0.2) is 21.2 Å². The Kier molecular flexibility index (Phi) is 4.20. The summed E-state index contributed by atoms with van der Waals surface area (Å²) in [4.78, 5) is 5.49. The number of thioether (sulfide) groups is 1. The average Bonchev–Trinajstić information content (AvgIpc) is 2.96. The van der Waals surface area contributed by atoms with Crippen molar-refractivity contribution in [2.45, 2.75) is 36.7 Å². The number of rotatable bonds is 5. The minimum absolute atomic E-state index is 0.127. The number of thiophene rings is 1. The van der Waals surface area contributed by atoms with Gasteiger partial charge in [0.15, 0.2) is 5.16 Å². The Hall–Kier alpha value is -0.850. The van der Waals surface area contributed by atoms with Crippen LogP contribution in [0.3, 0.4) is 0 Å². The zero-order chi connectivity index (χ0) is 12.3. The fraction of sp³-hybridized carbons (Fsp3) is 0.455. The van der Waals surface area contributed by atoms with Crippen LogP contribution in [0.25, 0.3) is 0 Å². The summed E-state index contributed by atoms with van der Waals surface area (Å²) in [5.74, 6) is 0. The number of aromatic nitrogens is 3. The largest absolute Gasteiger partial charge is 0.326 e. The van der Waals surface area contributed by atoms with E-state index in [1.807, 2.05) is 0 Å². The van der Waals surface area contributed by atoms with E-state index in [4.69, 9.17) is 5.73 Å². The number of nitrogens with two attached hydrogens (primary N) is 1. The second-order valence-electron chi connectivity index (χ2n) is 3.87. The normalized spacial score (nSPS) is 14.8. The van der Waals surface area contributed by atoms with Gasteiger partial charge in [0, 0.05) is 10.9 Å². The molecule has 0 saturated carbocycles. The predicted molar refractivity (Wildman–Crippen MR) is 72.3 cm³/mol. The van der Waals surface area contributed by atoms with Gasteiger partial charge < -0.3 is 5.73 Å². The summed E-state index contributed by atoms with van der Waals surface area (Å²) in [5.41, 5.74) is 7.52. The number of aromatic amines is 1. The lowest BCUT2D eigenvalue weighted by Crippen LogP contribution is -2.25. The van der Waals surface area contributed by atoms with Gasteiger partial charge in [-0.25, -0.2) is 4.98 Å². The lowest BCUT2D eigenvalue weighted by atomic mass is 10.1. The Morgan fingerprint density at radius 3 is 2.94 bits per heavy atom. The number of hydrogen-bond donors (Lipinski definition) is 2. The van der Waals surface area contributed by atoms with Gasteiger partial charge in [-0.2, -0.15) is 5.10 Å².